The van der Waals surface area contributed by atoms with Crippen LogP contribution in [0.5, 0.6) is 5.75 Å². The fourth-order valence-electron chi connectivity index (χ4n) is 3.82. The number of aliphatic carboxylic acids is 1. The van der Waals surface area contributed by atoms with Gasteiger partial charge in [-0.05, 0) is 42.3 Å². The highest BCUT2D eigenvalue weighted by Crippen LogP contribution is 2.60. The van der Waals surface area contributed by atoms with Crippen LogP contribution in [-0.4, -0.2) is 90.3 Å². The second-order valence-electron chi connectivity index (χ2n) is 10.1. The van der Waals surface area contributed by atoms with Crippen LogP contribution in [0.25, 0.3) is 0 Å². The summed E-state index contributed by atoms with van der Waals surface area (Å²) in [6.45, 7) is -4.54. The molecule has 0 radical (unpaired) electrons. The zero-order chi connectivity index (χ0) is 37.6. The lowest BCUT2D eigenvalue weighted by Gasteiger charge is -2.40. The molecule has 0 heterocycles. The molecule has 0 aliphatic rings. The maximum absolute atomic E-state index is 14.7. The zero-order valence-corrected chi connectivity index (χ0v) is 24.7. The van der Waals surface area contributed by atoms with Gasteiger partial charge in [-0.1, -0.05) is 24.3 Å². The molecule has 49 heavy (non-hydrogen) atoms. The van der Waals surface area contributed by atoms with E-state index in [0.29, 0.717) is 5.56 Å². The van der Waals surface area contributed by atoms with Crippen LogP contribution in [0.1, 0.15) is 18.1 Å². The van der Waals surface area contributed by atoms with E-state index < -0.39 is 91.0 Å². The summed E-state index contributed by atoms with van der Waals surface area (Å²) < 4.78 is 205. The first-order valence-electron chi connectivity index (χ1n) is 13.5. The van der Waals surface area contributed by atoms with Crippen LogP contribution in [-0.2, 0) is 27.3 Å². The molecule has 0 saturated heterocycles. The highest BCUT2D eigenvalue weighted by molar-refractivity contribution is 5.72. The van der Waals surface area contributed by atoms with Crippen molar-refractivity contribution in [2.24, 2.45) is 0 Å². The monoisotopic (exact) mass is 737 g/mol. The molecule has 7 nitrogen and oxygen atoms in total. The predicted octanol–water partition coefficient (Wildman–Crippen LogP) is 7.61. The maximum Gasteiger partial charge on any atom is 0.460 e. The highest BCUT2D eigenvalue weighted by Gasteiger charge is 2.90. The minimum absolute atomic E-state index is 0.0434. The van der Waals surface area contributed by atoms with Gasteiger partial charge in [0.05, 0.1) is 13.1 Å². The van der Waals surface area contributed by atoms with E-state index in [1.165, 1.54) is 24.3 Å². The van der Waals surface area contributed by atoms with E-state index in [9.17, 15) is 71.1 Å². The van der Waals surface area contributed by atoms with E-state index in [1.807, 2.05) is 0 Å². The number of halogens is 14. The van der Waals surface area contributed by atoms with Gasteiger partial charge in [0.1, 0.15) is 24.8 Å². The maximum atomic E-state index is 14.7. The van der Waals surface area contributed by atoms with Crippen molar-refractivity contribution in [1.82, 2.24) is 4.90 Å². The number of hydrogen-bond acceptors (Lipinski definition) is 5. The standard InChI is InChI=1S/C28H25F14NO6/c1-2-47-20(21(44)45)13-16-5-9-19(10-6-16)48-12-11-43(22(46)49-14-17-3-7-18(29)8-4-17)15-23(30,31)24(32,33)25(34,35)26(36,37)27(38,39)28(40,41)42/h3-10,20H,2,11-15H2,1H3,(H,44,45). The number of hydrogen-bond donors (Lipinski definition) is 1. The van der Waals surface area contributed by atoms with Gasteiger partial charge in [0.25, 0.3) is 0 Å². The molecule has 1 unspecified atom stereocenters. The molecule has 0 fully saturated rings. The van der Waals surface area contributed by atoms with Crippen molar-refractivity contribution < 1.29 is 90.4 Å². The number of carbonyl (C=O) groups is 2. The molecule has 1 atom stereocenters. The molecule has 0 aromatic heterocycles. The van der Waals surface area contributed by atoms with Crippen LogP contribution in [0, 0.1) is 5.82 Å². The molecule has 0 saturated carbocycles. The van der Waals surface area contributed by atoms with Crippen molar-refractivity contribution in [2.75, 3.05) is 26.3 Å². The average Bonchev–Trinajstić information content (AvgIpc) is 2.99. The third-order valence-corrected chi connectivity index (χ3v) is 6.54. The Bertz CT molecular complexity index is 1400. The minimum Gasteiger partial charge on any atom is -0.492 e. The Labute approximate surface area is 267 Å². The largest absolute Gasteiger partial charge is 0.492 e. The van der Waals surface area contributed by atoms with Crippen LogP contribution in [0.4, 0.5) is 66.3 Å². The van der Waals surface area contributed by atoms with E-state index in [2.05, 4.69) is 4.74 Å². The Morgan fingerprint density at radius 1 is 0.755 bits per heavy atom. The summed E-state index contributed by atoms with van der Waals surface area (Å²) in [5.74, 6) is -40.6. The molecule has 0 bridgehead atoms. The van der Waals surface area contributed by atoms with Crippen LogP contribution in [0.3, 0.4) is 0 Å². The summed E-state index contributed by atoms with van der Waals surface area (Å²) in [4.78, 5) is 23.3. The Hall–Kier alpha value is -4.04. The predicted molar refractivity (Wildman–Crippen MR) is 138 cm³/mol. The van der Waals surface area contributed by atoms with Gasteiger partial charge in [-0.25, -0.2) is 14.0 Å². The van der Waals surface area contributed by atoms with Crippen molar-refractivity contribution in [3.05, 3.63) is 65.5 Å². The SMILES string of the molecule is CCOC(Cc1ccc(OCCN(CC(F)(F)C(F)(F)C(F)(F)C(F)(F)C(F)(F)C(F)(F)F)C(=O)OCc2ccc(F)cc2)cc1)C(=O)O. The molecule has 1 amide bonds. The van der Waals surface area contributed by atoms with Gasteiger partial charge in [-0.15, -0.1) is 0 Å². The van der Waals surface area contributed by atoms with E-state index in [1.54, 1.807) is 6.92 Å². The van der Waals surface area contributed by atoms with Crippen LogP contribution in [0.15, 0.2) is 48.5 Å². The molecular weight excluding hydrogens is 712 g/mol. The molecule has 2 aromatic rings. The third-order valence-electron chi connectivity index (χ3n) is 6.54. The first-order valence-corrected chi connectivity index (χ1v) is 13.5. The van der Waals surface area contributed by atoms with Crippen LogP contribution >= 0.6 is 0 Å². The number of rotatable bonds is 17. The molecule has 0 aliphatic carbocycles. The van der Waals surface area contributed by atoms with Gasteiger partial charge in [0.2, 0.25) is 0 Å². The van der Waals surface area contributed by atoms with E-state index >= 15 is 0 Å². The Balaban J connectivity index is 2.31. The molecule has 2 aromatic carbocycles. The van der Waals surface area contributed by atoms with E-state index in [-0.39, 0.29) is 24.3 Å². The van der Waals surface area contributed by atoms with Gasteiger partial charge in [0.15, 0.2) is 6.10 Å². The number of carbonyl (C=O) groups excluding carboxylic acids is 1. The number of carboxylic acids is 1. The van der Waals surface area contributed by atoms with Crippen LogP contribution < -0.4 is 4.74 Å². The molecule has 0 aliphatic heterocycles. The summed E-state index contributed by atoms with van der Waals surface area (Å²) in [6, 6.07) is 8.67. The second-order valence-corrected chi connectivity index (χ2v) is 10.1. The molecule has 21 heteroatoms. The Morgan fingerprint density at radius 3 is 1.76 bits per heavy atom. The van der Waals surface area contributed by atoms with Gasteiger partial charge < -0.3 is 19.3 Å². The quantitative estimate of drug-likeness (QED) is 0.168. The Morgan fingerprint density at radius 2 is 1.27 bits per heavy atom. The first-order chi connectivity index (χ1) is 22.3. The summed E-state index contributed by atoms with van der Waals surface area (Å²) in [7, 11) is 0. The van der Waals surface area contributed by atoms with Gasteiger partial charge >= 0.3 is 47.9 Å². The van der Waals surface area contributed by atoms with Crippen molar-refractivity contribution in [3.63, 3.8) is 0 Å². The smallest absolute Gasteiger partial charge is 0.460 e. The van der Waals surface area contributed by atoms with E-state index in [4.69, 9.17) is 14.6 Å². The molecule has 2 rings (SSSR count). The van der Waals surface area contributed by atoms with Gasteiger partial charge in [-0.2, -0.15) is 57.1 Å². The lowest BCUT2D eigenvalue weighted by Crippen LogP contribution is -2.71. The van der Waals surface area contributed by atoms with Gasteiger partial charge in [0, 0.05) is 13.0 Å². The second kappa shape index (κ2) is 15.2. The topological polar surface area (TPSA) is 85.3 Å². The van der Waals surface area contributed by atoms with Crippen LogP contribution in [0.2, 0.25) is 0 Å². The summed E-state index contributed by atoms with van der Waals surface area (Å²) >= 11 is 0. The molecule has 276 valence electrons. The summed E-state index contributed by atoms with van der Waals surface area (Å²) in [5, 5.41) is 9.17. The molecule has 1 N–H and O–H groups in total. The number of benzene rings is 2. The Kier molecular flexibility index (Phi) is 12.8. The van der Waals surface area contributed by atoms with Crippen molar-refractivity contribution in [3.8, 4) is 5.75 Å². The number of alkyl halides is 13. The normalized spacial score (nSPS) is 13.9. The zero-order valence-electron chi connectivity index (χ0n) is 24.7. The first kappa shape index (κ1) is 41.1. The van der Waals surface area contributed by atoms with Gasteiger partial charge in [-0.3, -0.25) is 4.90 Å². The van der Waals surface area contributed by atoms with Crippen molar-refractivity contribution >= 4 is 12.1 Å². The summed E-state index contributed by atoms with van der Waals surface area (Å²) in [6.07, 6.45) is -11.0. The van der Waals surface area contributed by atoms with E-state index in [0.717, 1.165) is 24.3 Å². The highest BCUT2D eigenvalue weighted by atomic mass is 19.4. The fourth-order valence-corrected chi connectivity index (χ4v) is 3.82. The minimum atomic E-state index is -8.12. The fraction of sp³-hybridized carbons (Fsp3) is 0.500. The lowest BCUT2D eigenvalue weighted by molar-refractivity contribution is -0.440. The average molecular weight is 737 g/mol. The van der Waals surface area contributed by atoms with Crippen molar-refractivity contribution in [2.45, 2.75) is 61.8 Å². The number of ether oxygens (including phenoxy) is 3. The third kappa shape index (κ3) is 9.15. The number of amides is 1. The summed E-state index contributed by atoms with van der Waals surface area (Å²) in [5.41, 5.74) is 0.341. The molecule has 0 spiro atoms. The molecular formula is C28H25F14NO6. The lowest BCUT2D eigenvalue weighted by atomic mass is 9.93. The van der Waals surface area contributed by atoms with Crippen molar-refractivity contribution in [1.29, 1.82) is 0 Å². The number of carboxylic acid groups (broad SMARTS) is 1. The number of nitrogens with zero attached hydrogens (tertiary/aromatic N) is 1.